The van der Waals surface area contributed by atoms with Crippen LogP contribution in [0.5, 0.6) is 0 Å². The Hall–Kier alpha value is -1.78. The smallest absolute Gasteiger partial charge is 0.230 e. The monoisotopic (exact) mass is 354 g/mol. The minimum Gasteiger partial charge on any atom is -0.355 e. The van der Waals surface area contributed by atoms with Gasteiger partial charge in [-0.05, 0) is 43.0 Å². The maximum Gasteiger partial charge on any atom is 0.230 e. The van der Waals surface area contributed by atoms with Gasteiger partial charge >= 0.3 is 0 Å². The Morgan fingerprint density at radius 1 is 1.08 bits per heavy atom. The summed E-state index contributed by atoms with van der Waals surface area (Å²) in [4.78, 5) is 15.6. The molecule has 1 aliphatic rings. The molecule has 1 amide bonds. The SMILES string of the molecule is O=C(CSc1ccccc1)NCCC1CCN(Cc2ccccc2)C1. The number of nitrogens with zero attached hydrogens (tertiary/aromatic N) is 1. The van der Waals surface area contributed by atoms with Gasteiger partial charge in [0.2, 0.25) is 5.91 Å². The number of carbonyl (C=O) groups is 1. The molecule has 1 fully saturated rings. The number of amides is 1. The van der Waals surface area contributed by atoms with Gasteiger partial charge in [-0.15, -0.1) is 11.8 Å². The number of hydrogen-bond acceptors (Lipinski definition) is 3. The topological polar surface area (TPSA) is 32.3 Å². The van der Waals surface area contributed by atoms with Crippen LogP contribution in [0.1, 0.15) is 18.4 Å². The molecule has 0 spiro atoms. The fraction of sp³-hybridized carbons (Fsp3) is 0.381. The van der Waals surface area contributed by atoms with E-state index < -0.39 is 0 Å². The van der Waals surface area contributed by atoms with E-state index in [1.807, 2.05) is 30.3 Å². The van der Waals surface area contributed by atoms with Crippen LogP contribution in [0, 0.1) is 5.92 Å². The molecule has 132 valence electrons. The summed E-state index contributed by atoms with van der Waals surface area (Å²) < 4.78 is 0. The second-order valence-corrected chi connectivity index (χ2v) is 7.66. The van der Waals surface area contributed by atoms with Gasteiger partial charge in [-0.25, -0.2) is 0 Å². The van der Waals surface area contributed by atoms with E-state index >= 15 is 0 Å². The van der Waals surface area contributed by atoms with Crippen molar-refractivity contribution in [2.24, 2.45) is 5.92 Å². The number of thioether (sulfide) groups is 1. The molecule has 1 atom stereocenters. The van der Waals surface area contributed by atoms with Crippen LogP contribution in [-0.4, -0.2) is 36.2 Å². The highest BCUT2D eigenvalue weighted by Gasteiger charge is 2.22. The first-order valence-corrected chi connectivity index (χ1v) is 9.99. The fourth-order valence-corrected chi connectivity index (χ4v) is 4.02. The van der Waals surface area contributed by atoms with E-state index in [1.165, 1.54) is 12.0 Å². The molecule has 25 heavy (non-hydrogen) atoms. The second-order valence-electron chi connectivity index (χ2n) is 6.62. The first-order chi connectivity index (χ1) is 12.3. The molecular formula is C21H26N2OS. The Labute approximate surface area is 154 Å². The third-order valence-electron chi connectivity index (χ3n) is 4.61. The minimum atomic E-state index is 0.132. The number of carbonyl (C=O) groups excluding carboxylic acids is 1. The third-order valence-corrected chi connectivity index (χ3v) is 5.62. The van der Waals surface area contributed by atoms with E-state index in [4.69, 9.17) is 0 Å². The number of benzene rings is 2. The summed E-state index contributed by atoms with van der Waals surface area (Å²) in [7, 11) is 0. The van der Waals surface area contributed by atoms with Crippen LogP contribution in [0.25, 0.3) is 0 Å². The van der Waals surface area contributed by atoms with E-state index in [2.05, 4.69) is 40.5 Å². The van der Waals surface area contributed by atoms with Crippen molar-refractivity contribution in [3.05, 3.63) is 66.2 Å². The van der Waals surface area contributed by atoms with Crippen molar-refractivity contribution < 1.29 is 4.79 Å². The zero-order chi connectivity index (χ0) is 17.3. The molecule has 4 heteroatoms. The Morgan fingerprint density at radius 2 is 1.80 bits per heavy atom. The quantitative estimate of drug-likeness (QED) is 0.732. The van der Waals surface area contributed by atoms with E-state index in [1.54, 1.807) is 11.8 Å². The van der Waals surface area contributed by atoms with E-state index in [9.17, 15) is 4.79 Å². The summed E-state index contributed by atoms with van der Waals surface area (Å²) in [6.07, 6.45) is 2.31. The lowest BCUT2D eigenvalue weighted by molar-refractivity contribution is -0.118. The van der Waals surface area contributed by atoms with Crippen LogP contribution in [0.15, 0.2) is 65.6 Å². The maximum absolute atomic E-state index is 12.0. The zero-order valence-corrected chi connectivity index (χ0v) is 15.4. The second kappa shape index (κ2) is 9.64. The van der Waals surface area contributed by atoms with Gasteiger partial charge in [0.15, 0.2) is 0 Å². The molecule has 1 aliphatic heterocycles. The molecule has 0 bridgehead atoms. The Kier molecular flexibility index (Phi) is 6.95. The number of hydrogen-bond donors (Lipinski definition) is 1. The van der Waals surface area contributed by atoms with Gasteiger partial charge in [0, 0.05) is 24.5 Å². The van der Waals surface area contributed by atoms with E-state index in [-0.39, 0.29) is 5.91 Å². The number of rotatable bonds is 8. The van der Waals surface area contributed by atoms with Crippen LogP contribution in [0.2, 0.25) is 0 Å². The lowest BCUT2D eigenvalue weighted by atomic mass is 10.1. The third kappa shape index (κ3) is 6.22. The molecule has 2 aromatic carbocycles. The van der Waals surface area contributed by atoms with Gasteiger partial charge in [-0.3, -0.25) is 9.69 Å². The molecule has 1 unspecified atom stereocenters. The Morgan fingerprint density at radius 3 is 2.56 bits per heavy atom. The molecule has 1 N–H and O–H groups in total. The summed E-state index contributed by atoms with van der Waals surface area (Å²) in [5.74, 6) is 1.33. The van der Waals surface area contributed by atoms with Gasteiger partial charge < -0.3 is 5.32 Å². The highest BCUT2D eigenvalue weighted by molar-refractivity contribution is 8.00. The predicted octanol–water partition coefficient (Wildman–Crippen LogP) is 3.81. The molecule has 0 saturated carbocycles. The van der Waals surface area contributed by atoms with Gasteiger partial charge in [0.05, 0.1) is 5.75 Å². The standard InChI is InChI=1S/C21H26N2OS/c24-21(17-25-20-9-5-2-6-10-20)22-13-11-19-12-14-23(16-19)15-18-7-3-1-4-8-18/h1-10,19H,11-17H2,(H,22,24). The maximum atomic E-state index is 12.0. The van der Waals surface area contributed by atoms with Gasteiger partial charge in [-0.1, -0.05) is 48.5 Å². The molecule has 3 nitrogen and oxygen atoms in total. The molecule has 0 radical (unpaired) electrons. The van der Waals surface area contributed by atoms with Crippen molar-refractivity contribution in [1.29, 1.82) is 0 Å². The van der Waals surface area contributed by atoms with Crippen molar-refractivity contribution in [2.45, 2.75) is 24.3 Å². The molecule has 0 aromatic heterocycles. The van der Waals surface area contributed by atoms with Crippen molar-refractivity contribution in [2.75, 3.05) is 25.4 Å². The first-order valence-electron chi connectivity index (χ1n) is 9.00. The molecule has 1 saturated heterocycles. The summed E-state index contributed by atoms with van der Waals surface area (Å²) >= 11 is 1.59. The number of likely N-dealkylation sites (tertiary alicyclic amines) is 1. The average Bonchev–Trinajstić information content (AvgIpc) is 3.09. The average molecular weight is 355 g/mol. The van der Waals surface area contributed by atoms with E-state index in [0.717, 1.165) is 37.5 Å². The summed E-state index contributed by atoms with van der Waals surface area (Å²) in [6.45, 7) is 4.14. The highest BCUT2D eigenvalue weighted by Crippen LogP contribution is 2.21. The summed E-state index contributed by atoms with van der Waals surface area (Å²) in [5.41, 5.74) is 1.38. The van der Waals surface area contributed by atoms with Crippen molar-refractivity contribution >= 4 is 17.7 Å². The van der Waals surface area contributed by atoms with Crippen LogP contribution in [0.3, 0.4) is 0 Å². The normalized spacial score (nSPS) is 17.5. The number of nitrogens with one attached hydrogen (secondary N) is 1. The van der Waals surface area contributed by atoms with Crippen molar-refractivity contribution in [1.82, 2.24) is 10.2 Å². The van der Waals surface area contributed by atoms with Crippen molar-refractivity contribution in [3.8, 4) is 0 Å². The zero-order valence-electron chi connectivity index (χ0n) is 14.6. The lowest BCUT2D eigenvalue weighted by Crippen LogP contribution is -2.28. The molecule has 2 aromatic rings. The van der Waals surface area contributed by atoms with E-state index in [0.29, 0.717) is 11.7 Å². The van der Waals surface area contributed by atoms with Crippen LogP contribution in [-0.2, 0) is 11.3 Å². The van der Waals surface area contributed by atoms with Gasteiger partial charge in [-0.2, -0.15) is 0 Å². The highest BCUT2D eigenvalue weighted by atomic mass is 32.2. The van der Waals surface area contributed by atoms with Crippen LogP contribution in [0.4, 0.5) is 0 Å². The van der Waals surface area contributed by atoms with Gasteiger partial charge in [0.1, 0.15) is 0 Å². The van der Waals surface area contributed by atoms with Crippen molar-refractivity contribution in [3.63, 3.8) is 0 Å². The minimum absolute atomic E-state index is 0.132. The van der Waals surface area contributed by atoms with Gasteiger partial charge in [0.25, 0.3) is 0 Å². The fourth-order valence-electron chi connectivity index (χ4n) is 3.27. The largest absolute Gasteiger partial charge is 0.355 e. The lowest BCUT2D eigenvalue weighted by Gasteiger charge is -2.16. The molecule has 0 aliphatic carbocycles. The first kappa shape index (κ1) is 18.0. The Balaban J connectivity index is 1.29. The molecular weight excluding hydrogens is 328 g/mol. The van der Waals surface area contributed by atoms with Crippen LogP contribution < -0.4 is 5.32 Å². The summed E-state index contributed by atoms with van der Waals surface area (Å²) in [6, 6.07) is 20.7. The Bertz CT molecular complexity index is 647. The molecule has 1 heterocycles. The predicted molar refractivity (Wildman–Crippen MR) is 105 cm³/mol. The summed E-state index contributed by atoms with van der Waals surface area (Å²) in [5, 5.41) is 3.07. The van der Waals surface area contributed by atoms with Crippen LogP contribution >= 0.6 is 11.8 Å². The molecule has 3 rings (SSSR count).